The summed E-state index contributed by atoms with van der Waals surface area (Å²) < 4.78 is 5.42. The van der Waals surface area contributed by atoms with Crippen molar-refractivity contribution < 1.29 is 4.74 Å². The van der Waals surface area contributed by atoms with Gasteiger partial charge in [0.25, 0.3) is 0 Å². The van der Waals surface area contributed by atoms with Crippen molar-refractivity contribution in [2.45, 2.75) is 6.54 Å². The minimum Gasteiger partial charge on any atom is -0.378 e. The molecule has 1 aromatic carbocycles. The van der Waals surface area contributed by atoms with E-state index in [4.69, 9.17) is 4.74 Å². The Morgan fingerprint density at radius 2 is 2.00 bits per heavy atom. The normalized spacial score (nSPS) is 15.0. The maximum absolute atomic E-state index is 5.42. The van der Waals surface area contributed by atoms with E-state index >= 15 is 0 Å². The molecule has 0 bridgehead atoms. The van der Waals surface area contributed by atoms with Gasteiger partial charge >= 0.3 is 0 Å². The maximum Gasteiger partial charge on any atom is 0.201 e. The summed E-state index contributed by atoms with van der Waals surface area (Å²) in [7, 11) is 0. The highest BCUT2D eigenvalue weighted by Crippen LogP contribution is 2.20. The first-order chi connectivity index (χ1) is 11.4. The number of rotatable bonds is 4. The Kier molecular flexibility index (Phi) is 3.81. The number of anilines is 2. The summed E-state index contributed by atoms with van der Waals surface area (Å²) in [6, 6.07) is 12.1. The van der Waals surface area contributed by atoms with Gasteiger partial charge in [0.15, 0.2) is 0 Å². The molecule has 1 aliphatic rings. The number of nitrogens with zero attached hydrogens (tertiary/aromatic N) is 3. The molecule has 4 rings (SSSR count). The highest BCUT2D eigenvalue weighted by atomic mass is 16.5. The fourth-order valence-corrected chi connectivity index (χ4v) is 2.84. The molecule has 0 spiro atoms. The van der Waals surface area contributed by atoms with Crippen molar-refractivity contribution in [1.82, 2.24) is 15.0 Å². The highest BCUT2D eigenvalue weighted by Gasteiger charge is 2.15. The van der Waals surface area contributed by atoms with E-state index in [9.17, 15) is 0 Å². The number of hydrogen-bond acceptors (Lipinski definition) is 5. The molecule has 1 aliphatic heterocycles. The van der Waals surface area contributed by atoms with Gasteiger partial charge in [-0.3, -0.25) is 0 Å². The highest BCUT2D eigenvalue weighted by molar-refractivity contribution is 5.77. The number of H-pyrrole nitrogens is 1. The Morgan fingerprint density at radius 3 is 2.87 bits per heavy atom. The summed E-state index contributed by atoms with van der Waals surface area (Å²) >= 11 is 0. The van der Waals surface area contributed by atoms with E-state index in [-0.39, 0.29) is 0 Å². The number of ether oxygens (including phenoxy) is 1. The minimum absolute atomic E-state index is 0.681. The van der Waals surface area contributed by atoms with Crippen LogP contribution in [-0.4, -0.2) is 41.3 Å². The molecule has 2 aromatic heterocycles. The average molecular weight is 309 g/mol. The van der Waals surface area contributed by atoms with Gasteiger partial charge in [0.05, 0.1) is 24.2 Å². The summed E-state index contributed by atoms with van der Waals surface area (Å²) in [4.78, 5) is 14.7. The first-order valence-corrected chi connectivity index (χ1v) is 7.85. The van der Waals surface area contributed by atoms with Crippen LogP contribution in [-0.2, 0) is 11.3 Å². The molecule has 3 heterocycles. The largest absolute Gasteiger partial charge is 0.378 e. The van der Waals surface area contributed by atoms with E-state index < -0.39 is 0 Å². The van der Waals surface area contributed by atoms with Crippen LogP contribution in [0.3, 0.4) is 0 Å². The second-order valence-corrected chi connectivity index (χ2v) is 5.54. The molecule has 2 N–H and O–H groups in total. The molecule has 3 aromatic rings. The quantitative estimate of drug-likeness (QED) is 0.775. The Balaban J connectivity index is 1.52. The van der Waals surface area contributed by atoms with E-state index in [1.807, 2.05) is 36.5 Å². The maximum atomic E-state index is 5.42. The predicted molar refractivity (Wildman–Crippen MR) is 90.7 cm³/mol. The average Bonchev–Trinajstić information content (AvgIpc) is 3.04. The van der Waals surface area contributed by atoms with Gasteiger partial charge in [0, 0.05) is 31.4 Å². The van der Waals surface area contributed by atoms with Crippen LogP contribution in [0.1, 0.15) is 5.56 Å². The lowest BCUT2D eigenvalue weighted by molar-refractivity contribution is 0.122. The van der Waals surface area contributed by atoms with Gasteiger partial charge in [-0.1, -0.05) is 18.2 Å². The van der Waals surface area contributed by atoms with Crippen molar-refractivity contribution >= 4 is 22.8 Å². The molecule has 23 heavy (non-hydrogen) atoms. The Morgan fingerprint density at radius 1 is 1.13 bits per heavy atom. The van der Waals surface area contributed by atoms with Crippen molar-refractivity contribution in [2.75, 3.05) is 36.5 Å². The Bertz CT molecular complexity index is 761. The second-order valence-electron chi connectivity index (χ2n) is 5.54. The standard InChI is InChI=1S/C17H19N5O/c1-2-6-15-14(5-1)20-17(21-15)19-12-13-4-3-7-18-16(13)22-8-10-23-11-9-22/h1-7H,8-12H2,(H2,19,20,21). The van der Waals surface area contributed by atoms with Gasteiger partial charge in [-0.2, -0.15) is 0 Å². The number of hydrogen-bond donors (Lipinski definition) is 2. The van der Waals surface area contributed by atoms with Crippen LogP contribution in [0.2, 0.25) is 0 Å². The molecular formula is C17H19N5O. The van der Waals surface area contributed by atoms with E-state index in [1.54, 1.807) is 0 Å². The van der Waals surface area contributed by atoms with Crippen molar-refractivity contribution in [3.05, 3.63) is 48.2 Å². The molecule has 0 radical (unpaired) electrons. The van der Waals surface area contributed by atoms with Gasteiger partial charge in [-0.25, -0.2) is 9.97 Å². The van der Waals surface area contributed by atoms with Crippen molar-refractivity contribution in [3.8, 4) is 0 Å². The molecule has 0 unspecified atom stereocenters. The third-order valence-electron chi connectivity index (χ3n) is 4.01. The molecule has 0 amide bonds. The summed E-state index contributed by atoms with van der Waals surface area (Å²) in [5.41, 5.74) is 3.17. The summed E-state index contributed by atoms with van der Waals surface area (Å²) in [6.07, 6.45) is 1.84. The molecule has 0 aliphatic carbocycles. The smallest absolute Gasteiger partial charge is 0.201 e. The Hall–Kier alpha value is -2.60. The van der Waals surface area contributed by atoms with Gasteiger partial charge < -0.3 is 19.9 Å². The van der Waals surface area contributed by atoms with Crippen LogP contribution in [0.25, 0.3) is 11.0 Å². The fraction of sp³-hybridized carbons (Fsp3) is 0.294. The first-order valence-electron chi connectivity index (χ1n) is 7.85. The number of morpholine rings is 1. The van der Waals surface area contributed by atoms with Crippen molar-refractivity contribution in [2.24, 2.45) is 0 Å². The lowest BCUT2D eigenvalue weighted by Crippen LogP contribution is -2.37. The topological polar surface area (TPSA) is 66.1 Å². The molecule has 118 valence electrons. The lowest BCUT2D eigenvalue weighted by atomic mass is 10.2. The minimum atomic E-state index is 0.681. The number of para-hydroxylation sites is 2. The molecular weight excluding hydrogens is 290 g/mol. The number of nitrogens with one attached hydrogen (secondary N) is 2. The van der Waals surface area contributed by atoms with E-state index in [1.165, 1.54) is 0 Å². The first kappa shape index (κ1) is 14.0. The molecule has 6 heteroatoms. The summed E-state index contributed by atoms with van der Waals surface area (Å²) in [6.45, 7) is 3.96. The van der Waals surface area contributed by atoms with Gasteiger partial charge in [0.2, 0.25) is 5.95 Å². The third kappa shape index (κ3) is 2.98. The van der Waals surface area contributed by atoms with Crippen LogP contribution in [0.5, 0.6) is 0 Å². The zero-order valence-corrected chi connectivity index (χ0v) is 12.8. The Labute approximate surface area is 134 Å². The number of fused-ring (bicyclic) bond motifs is 1. The van der Waals surface area contributed by atoms with Crippen molar-refractivity contribution in [1.29, 1.82) is 0 Å². The van der Waals surface area contributed by atoms with Crippen LogP contribution < -0.4 is 10.2 Å². The molecule has 1 fully saturated rings. The van der Waals surface area contributed by atoms with Crippen molar-refractivity contribution in [3.63, 3.8) is 0 Å². The van der Waals surface area contributed by atoms with Crippen LogP contribution in [0.15, 0.2) is 42.6 Å². The lowest BCUT2D eigenvalue weighted by Gasteiger charge is -2.29. The number of benzene rings is 1. The van der Waals surface area contributed by atoms with Gasteiger partial charge in [-0.05, 0) is 18.2 Å². The van der Waals surface area contributed by atoms with Gasteiger partial charge in [0.1, 0.15) is 5.82 Å². The monoisotopic (exact) mass is 309 g/mol. The molecule has 1 saturated heterocycles. The molecule has 0 saturated carbocycles. The van der Waals surface area contributed by atoms with E-state index in [0.29, 0.717) is 6.54 Å². The number of aromatic amines is 1. The van der Waals surface area contributed by atoms with Crippen LogP contribution in [0, 0.1) is 0 Å². The number of aromatic nitrogens is 3. The zero-order chi connectivity index (χ0) is 15.5. The number of pyridine rings is 1. The zero-order valence-electron chi connectivity index (χ0n) is 12.8. The third-order valence-corrected chi connectivity index (χ3v) is 4.01. The van der Waals surface area contributed by atoms with E-state index in [2.05, 4.69) is 31.2 Å². The van der Waals surface area contributed by atoms with Gasteiger partial charge in [-0.15, -0.1) is 0 Å². The van der Waals surface area contributed by atoms with E-state index in [0.717, 1.165) is 54.7 Å². The summed E-state index contributed by atoms with van der Waals surface area (Å²) in [5, 5.41) is 3.37. The van der Waals surface area contributed by atoms with Crippen LogP contribution in [0.4, 0.5) is 11.8 Å². The number of imidazole rings is 1. The predicted octanol–water partition coefficient (Wildman–Crippen LogP) is 2.41. The van der Waals surface area contributed by atoms with Crippen LogP contribution >= 0.6 is 0 Å². The molecule has 6 nitrogen and oxygen atoms in total. The molecule has 0 atom stereocenters. The SMILES string of the molecule is c1cnc(N2CCOCC2)c(CNc2nc3ccccc3[nH]2)c1. The second kappa shape index (κ2) is 6.26. The summed E-state index contributed by atoms with van der Waals surface area (Å²) in [5.74, 6) is 1.81. The fourth-order valence-electron chi connectivity index (χ4n) is 2.84.